The Morgan fingerprint density at radius 1 is 0.909 bits per heavy atom. The topological polar surface area (TPSA) is 20.2 Å². The normalized spacial score (nSPS) is 15.3. The van der Waals surface area contributed by atoms with Crippen molar-refractivity contribution in [3.05, 3.63) is 0 Å². The summed E-state index contributed by atoms with van der Waals surface area (Å²) in [5, 5.41) is 0. The lowest BCUT2D eigenvalue weighted by molar-refractivity contribution is 0.220. The van der Waals surface area contributed by atoms with E-state index in [0.29, 0.717) is 5.54 Å². The Bertz CT molecular complexity index is 105. The Morgan fingerprint density at radius 3 is 1.18 bits per heavy atom. The van der Waals surface area contributed by atoms with Crippen molar-refractivity contribution in [3.8, 4) is 0 Å². The molecule has 0 radical (unpaired) electrons. The van der Waals surface area contributed by atoms with Crippen molar-refractivity contribution >= 4 is 9.76 Å². The first-order valence-electron chi connectivity index (χ1n) is 4.30. The van der Waals surface area contributed by atoms with Crippen molar-refractivity contribution < 1.29 is 4.80 Å². The SMILES string of the molecule is CC(C)(C)C([SiH2]O)C(C)(C)C. The van der Waals surface area contributed by atoms with E-state index < -0.39 is 9.76 Å². The summed E-state index contributed by atoms with van der Waals surface area (Å²) in [5.74, 6) is 0. The van der Waals surface area contributed by atoms with E-state index in [4.69, 9.17) is 0 Å². The van der Waals surface area contributed by atoms with Gasteiger partial charge in [0, 0.05) is 0 Å². The largest absolute Gasteiger partial charge is 0.438 e. The smallest absolute Gasteiger partial charge is 0.160 e. The molecular weight excluding hydrogens is 152 g/mol. The molecule has 0 atom stereocenters. The molecule has 11 heavy (non-hydrogen) atoms. The van der Waals surface area contributed by atoms with Crippen molar-refractivity contribution in [2.75, 3.05) is 0 Å². The molecule has 0 heterocycles. The summed E-state index contributed by atoms with van der Waals surface area (Å²) in [4.78, 5) is 9.34. The molecule has 0 unspecified atom stereocenters. The molecule has 0 saturated heterocycles. The van der Waals surface area contributed by atoms with Crippen LogP contribution in [0.25, 0.3) is 0 Å². The van der Waals surface area contributed by atoms with Crippen LogP contribution in [0.3, 0.4) is 0 Å². The first-order chi connectivity index (χ1) is 4.69. The van der Waals surface area contributed by atoms with Gasteiger partial charge in [0.15, 0.2) is 9.76 Å². The van der Waals surface area contributed by atoms with Crippen LogP contribution >= 0.6 is 0 Å². The molecule has 0 saturated carbocycles. The molecule has 0 bridgehead atoms. The van der Waals surface area contributed by atoms with Crippen LogP contribution in [0, 0.1) is 10.8 Å². The van der Waals surface area contributed by atoms with Gasteiger partial charge in [-0.15, -0.1) is 0 Å². The molecule has 1 nitrogen and oxygen atoms in total. The standard InChI is InChI=1S/C9H22OSi/c1-8(2,3)7(11-10)9(4,5)6/h7,10H,11H2,1-6H3. The van der Waals surface area contributed by atoms with Gasteiger partial charge in [0.2, 0.25) is 0 Å². The minimum absolute atomic E-state index is 0.263. The lowest BCUT2D eigenvalue weighted by atomic mass is 9.77. The second kappa shape index (κ2) is 3.28. The van der Waals surface area contributed by atoms with Gasteiger partial charge in [0.25, 0.3) is 0 Å². The first kappa shape index (κ1) is 11.2. The molecule has 0 rings (SSSR count). The Kier molecular flexibility index (Phi) is 3.33. The maximum absolute atomic E-state index is 9.34. The van der Waals surface area contributed by atoms with Gasteiger partial charge in [-0.2, -0.15) is 0 Å². The third-order valence-electron chi connectivity index (χ3n) is 2.27. The highest BCUT2D eigenvalue weighted by molar-refractivity contribution is 6.28. The van der Waals surface area contributed by atoms with Gasteiger partial charge < -0.3 is 4.80 Å². The molecule has 68 valence electrons. The highest BCUT2D eigenvalue weighted by Crippen LogP contribution is 2.43. The molecule has 0 aliphatic heterocycles. The van der Waals surface area contributed by atoms with Gasteiger partial charge >= 0.3 is 0 Å². The fraction of sp³-hybridized carbons (Fsp3) is 1.00. The van der Waals surface area contributed by atoms with Crippen LogP contribution in [0.5, 0.6) is 0 Å². The second-order valence-corrected chi connectivity index (χ2v) is 6.65. The van der Waals surface area contributed by atoms with Crippen LogP contribution in [0.15, 0.2) is 0 Å². The molecule has 0 aliphatic carbocycles. The summed E-state index contributed by atoms with van der Waals surface area (Å²) < 4.78 is 0. The molecule has 0 amide bonds. The molecule has 0 aromatic heterocycles. The summed E-state index contributed by atoms with van der Waals surface area (Å²) in [6.07, 6.45) is 0. The lowest BCUT2D eigenvalue weighted by Gasteiger charge is -2.39. The van der Waals surface area contributed by atoms with Crippen LogP contribution < -0.4 is 0 Å². The zero-order chi connectivity index (χ0) is 9.28. The van der Waals surface area contributed by atoms with Gasteiger partial charge in [0.1, 0.15) is 0 Å². The minimum atomic E-state index is -0.880. The first-order valence-corrected chi connectivity index (χ1v) is 5.75. The van der Waals surface area contributed by atoms with E-state index in [1.54, 1.807) is 0 Å². The molecule has 0 aliphatic rings. The molecule has 0 aromatic rings. The summed E-state index contributed by atoms with van der Waals surface area (Å²) in [6, 6.07) is 0. The van der Waals surface area contributed by atoms with Crippen LogP contribution in [-0.4, -0.2) is 14.6 Å². The average molecular weight is 174 g/mol. The van der Waals surface area contributed by atoms with Crippen molar-refractivity contribution in [3.63, 3.8) is 0 Å². The highest BCUT2D eigenvalue weighted by atomic mass is 28.2. The van der Waals surface area contributed by atoms with Crippen LogP contribution in [0.1, 0.15) is 41.5 Å². The molecule has 0 aromatic carbocycles. The zero-order valence-electron chi connectivity index (χ0n) is 8.73. The number of hydrogen-bond acceptors (Lipinski definition) is 1. The van der Waals surface area contributed by atoms with Crippen LogP contribution in [0.4, 0.5) is 0 Å². The van der Waals surface area contributed by atoms with Crippen LogP contribution in [-0.2, 0) is 0 Å². The van der Waals surface area contributed by atoms with E-state index in [9.17, 15) is 4.80 Å². The van der Waals surface area contributed by atoms with Gasteiger partial charge in [-0.05, 0) is 16.4 Å². The van der Waals surface area contributed by atoms with Gasteiger partial charge in [0.05, 0.1) is 0 Å². The predicted molar refractivity (Wildman–Crippen MR) is 53.4 cm³/mol. The van der Waals surface area contributed by atoms with Crippen molar-refractivity contribution in [1.82, 2.24) is 0 Å². The van der Waals surface area contributed by atoms with E-state index >= 15 is 0 Å². The Labute approximate surface area is 73.2 Å². The van der Waals surface area contributed by atoms with Gasteiger partial charge in [-0.3, -0.25) is 0 Å². The van der Waals surface area contributed by atoms with E-state index in [1.165, 1.54) is 0 Å². The molecule has 2 heteroatoms. The Hall–Kier alpha value is 0.177. The number of hydrogen-bond donors (Lipinski definition) is 1. The monoisotopic (exact) mass is 174 g/mol. The van der Waals surface area contributed by atoms with E-state index in [2.05, 4.69) is 41.5 Å². The van der Waals surface area contributed by atoms with E-state index in [0.717, 1.165) is 0 Å². The summed E-state index contributed by atoms with van der Waals surface area (Å²) in [7, 11) is -0.880. The maximum Gasteiger partial charge on any atom is 0.160 e. The third-order valence-corrected chi connectivity index (χ3v) is 5.09. The Balaban J connectivity index is 4.43. The van der Waals surface area contributed by atoms with Gasteiger partial charge in [-0.25, -0.2) is 0 Å². The Morgan fingerprint density at radius 2 is 1.18 bits per heavy atom. The van der Waals surface area contributed by atoms with E-state index in [-0.39, 0.29) is 10.8 Å². The lowest BCUT2D eigenvalue weighted by Crippen LogP contribution is -2.31. The molecular formula is C9H22OSi. The quantitative estimate of drug-likeness (QED) is 0.602. The van der Waals surface area contributed by atoms with Crippen LogP contribution in [0.2, 0.25) is 5.54 Å². The second-order valence-electron chi connectivity index (χ2n) is 5.47. The van der Waals surface area contributed by atoms with Crippen molar-refractivity contribution in [2.45, 2.75) is 47.1 Å². The summed E-state index contributed by atoms with van der Waals surface area (Å²) >= 11 is 0. The zero-order valence-corrected chi connectivity index (χ0v) is 10.1. The fourth-order valence-electron chi connectivity index (χ4n) is 1.85. The fourth-order valence-corrected chi connectivity index (χ4v) is 2.94. The molecule has 0 fully saturated rings. The van der Waals surface area contributed by atoms with Crippen molar-refractivity contribution in [1.29, 1.82) is 0 Å². The molecule has 0 spiro atoms. The predicted octanol–water partition coefficient (Wildman–Crippen LogP) is 1.94. The highest BCUT2D eigenvalue weighted by Gasteiger charge is 2.34. The van der Waals surface area contributed by atoms with Gasteiger partial charge in [-0.1, -0.05) is 41.5 Å². The summed E-state index contributed by atoms with van der Waals surface area (Å²) in [6.45, 7) is 13.3. The maximum atomic E-state index is 9.34. The average Bonchev–Trinajstić information content (AvgIpc) is 1.56. The number of rotatable bonds is 1. The van der Waals surface area contributed by atoms with E-state index in [1.807, 2.05) is 0 Å². The third kappa shape index (κ3) is 3.39. The molecule has 1 N–H and O–H groups in total. The summed E-state index contributed by atoms with van der Waals surface area (Å²) in [5.41, 5.74) is 1.04. The van der Waals surface area contributed by atoms with Crippen molar-refractivity contribution in [2.24, 2.45) is 10.8 Å². The minimum Gasteiger partial charge on any atom is -0.438 e.